The van der Waals surface area contributed by atoms with Crippen LogP contribution in [0.4, 0.5) is 11.5 Å². The molecule has 1 aromatic heterocycles. The van der Waals surface area contributed by atoms with Gasteiger partial charge in [0.25, 0.3) is 0 Å². The highest BCUT2D eigenvalue weighted by atomic mass is 79.9. The van der Waals surface area contributed by atoms with Crippen LogP contribution in [0.2, 0.25) is 0 Å². The first-order valence-electron chi connectivity index (χ1n) is 6.70. The third-order valence-corrected chi connectivity index (χ3v) is 4.71. The lowest BCUT2D eigenvalue weighted by molar-refractivity contribution is 0.744. The molecule has 0 atom stereocenters. The summed E-state index contributed by atoms with van der Waals surface area (Å²) in [5.41, 5.74) is 10.5. The molecule has 0 bridgehead atoms. The summed E-state index contributed by atoms with van der Waals surface area (Å²) in [5.74, 6) is 1.18. The van der Waals surface area contributed by atoms with E-state index in [1.165, 1.54) is 17.7 Å². The van der Waals surface area contributed by atoms with Gasteiger partial charge in [-0.3, -0.25) is 0 Å². The minimum Gasteiger partial charge on any atom is -0.383 e. The molecular formula is C15H17BrN4. The summed E-state index contributed by atoms with van der Waals surface area (Å²) in [4.78, 5) is 11.2. The molecule has 2 heterocycles. The zero-order valence-corrected chi connectivity index (χ0v) is 13.2. The molecule has 4 nitrogen and oxygen atoms in total. The fourth-order valence-corrected chi connectivity index (χ4v) is 2.81. The van der Waals surface area contributed by atoms with Crippen LogP contribution >= 0.6 is 15.9 Å². The van der Waals surface area contributed by atoms with Crippen LogP contribution in [-0.2, 0) is 6.42 Å². The Labute approximate surface area is 127 Å². The van der Waals surface area contributed by atoms with Crippen molar-refractivity contribution in [1.82, 2.24) is 9.97 Å². The number of halogens is 1. The van der Waals surface area contributed by atoms with E-state index in [0.717, 1.165) is 28.7 Å². The molecule has 0 saturated carbocycles. The van der Waals surface area contributed by atoms with Crippen molar-refractivity contribution in [2.24, 2.45) is 0 Å². The van der Waals surface area contributed by atoms with E-state index in [0.29, 0.717) is 11.6 Å². The van der Waals surface area contributed by atoms with E-state index in [-0.39, 0.29) is 0 Å². The van der Waals surface area contributed by atoms with E-state index in [1.807, 2.05) is 6.92 Å². The monoisotopic (exact) mass is 332 g/mol. The smallest absolute Gasteiger partial charge is 0.161 e. The summed E-state index contributed by atoms with van der Waals surface area (Å²) in [6.45, 7) is 3.05. The average molecular weight is 333 g/mol. The molecule has 0 aliphatic carbocycles. The van der Waals surface area contributed by atoms with Crippen molar-refractivity contribution in [3.63, 3.8) is 0 Å². The first-order chi connectivity index (χ1) is 9.56. The van der Waals surface area contributed by atoms with Gasteiger partial charge < -0.3 is 10.6 Å². The second kappa shape index (κ2) is 5.05. The number of nitrogens with two attached hydrogens (primary N) is 1. The number of anilines is 2. The van der Waals surface area contributed by atoms with Crippen molar-refractivity contribution in [2.75, 3.05) is 24.2 Å². The Hall–Kier alpha value is -1.62. The summed E-state index contributed by atoms with van der Waals surface area (Å²) in [6.07, 6.45) is 2.30. The lowest BCUT2D eigenvalue weighted by atomic mass is 9.99. The number of fused-ring (bicyclic) bond motifs is 1. The molecule has 2 aromatic rings. The number of nitrogen functional groups attached to an aromatic ring is 1. The lowest BCUT2D eigenvalue weighted by Crippen LogP contribution is -2.24. The van der Waals surface area contributed by atoms with Crippen LogP contribution in [0.25, 0.3) is 11.4 Å². The van der Waals surface area contributed by atoms with Gasteiger partial charge in [0, 0.05) is 24.8 Å². The Morgan fingerprint density at radius 3 is 2.85 bits per heavy atom. The Balaban J connectivity index is 2.07. The number of hydrogen-bond donors (Lipinski definition) is 1. The van der Waals surface area contributed by atoms with Gasteiger partial charge in [-0.15, -0.1) is 0 Å². The lowest BCUT2D eigenvalue weighted by Gasteiger charge is -2.27. The van der Waals surface area contributed by atoms with Crippen LogP contribution in [0.3, 0.4) is 0 Å². The maximum absolute atomic E-state index is 5.91. The van der Waals surface area contributed by atoms with Gasteiger partial charge in [-0.2, -0.15) is 0 Å². The van der Waals surface area contributed by atoms with Crippen molar-refractivity contribution in [1.29, 1.82) is 0 Å². The van der Waals surface area contributed by atoms with E-state index in [1.54, 1.807) is 0 Å². The molecule has 0 radical (unpaired) electrons. The van der Waals surface area contributed by atoms with Gasteiger partial charge in [0.15, 0.2) is 5.82 Å². The van der Waals surface area contributed by atoms with Gasteiger partial charge in [0.05, 0.1) is 10.2 Å². The largest absolute Gasteiger partial charge is 0.383 e. The summed E-state index contributed by atoms with van der Waals surface area (Å²) < 4.78 is 0.777. The number of benzene rings is 1. The van der Waals surface area contributed by atoms with Crippen molar-refractivity contribution in [3.8, 4) is 11.4 Å². The van der Waals surface area contributed by atoms with Gasteiger partial charge in [-0.25, -0.2) is 9.97 Å². The number of hydrogen-bond acceptors (Lipinski definition) is 4. The highest BCUT2D eigenvalue weighted by Gasteiger charge is 2.15. The number of rotatable bonds is 1. The maximum Gasteiger partial charge on any atom is 0.161 e. The molecule has 0 unspecified atom stereocenters. The van der Waals surface area contributed by atoms with Crippen molar-refractivity contribution in [2.45, 2.75) is 19.8 Å². The summed E-state index contributed by atoms with van der Waals surface area (Å²) in [7, 11) is 2.13. The third kappa shape index (κ3) is 2.26. The molecule has 3 rings (SSSR count). The second-order valence-corrected chi connectivity index (χ2v) is 5.99. The van der Waals surface area contributed by atoms with Gasteiger partial charge in [0.2, 0.25) is 0 Å². The third-order valence-electron chi connectivity index (χ3n) is 3.73. The van der Waals surface area contributed by atoms with E-state index in [4.69, 9.17) is 5.73 Å². The van der Waals surface area contributed by atoms with Crippen LogP contribution in [0.15, 0.2) is 22.7 Å². The first-order valence-corrected chi connectivity index (χ1v) is 7.49. The number of nitrogens with zero attached hydrogens (tertiary/aromatic N) is 3. The van der Waals surface area contributed by atoms with Crippen LogP contribution < -0.4 is 10.6 Å². The Morgan fingerprint density at radius 1 is 1.30 bits per heavy atom. The molecule has 1 aromatic carbocycles. The topological polar surface area (TPSA) is 55.0 Å². The van der Waals surface area contributed by atoms with Crippen molar-refractivity contribution >= 4 is 27.4 Å². The Kier molecular flexibility index (Phi) is 3.38. The zero-order chi connectivity index (χ0) is 14.3. The normalized spacial score (nSPS) is 14.2. The molecule has 0 fully saturated rings. The predicted octanol–water partition coefficient (Wildman–Crippen LogP) is 3.18. The molecule has 5 heteroatoms. The molecule has 104 valence electrons. The van der Waals surface area contributed by atoms with Crippen LogP contribution in [-0.4, -0.2) is 23.6 Å². The predicted molar refractivity (Wildman–Crippen MR) is 85.9 cm³/mol. The van der Waals surface area contributed by atoms with Crippen LogP contribution in [0, 0.1) is 6.92 Å². The Morgan fingerprint density at radius 2 is 2.10 bits per heavy atom. The minimum atomic E-state index is 0.488. The van der Waals surface area contributed by atoms with Crippen molar-refractivity contribution < 1.29 is 0 Å². The van der Waals surface area contributed by atoms with E-state index in [9.17, 15) is 0 Å². The molecule has 2 N–H and O–H groups in total. The summed E-state index contributed by atoms with van der Waals surface area (Å²) in [5, 5.41) is 0. The zero-order valence-electron chi connectivity index (χ0n) is 11.7. The highest BCUT2D eigenvalue weighted by Crippen LogP contribution is 2.31. The minimum absolute atomic E-state index is 0.488. The fraction of sp³-hybridized carbons (Fsp3) is 0.333. The standard InChI is InChI=1S/C15H17BrN4/c1-9-13(16)14(17)19-15(18-9)11-5-6-12-10(8-11)4-3-7-20(12)2/h5-6,8H,3-4,7H2,1-2H3,(H2,17,18,19). The summed E-state index contributed by atoms with van der Waals surface area (Å²) >= 11 is 3.40. The molecule has 0 spiro atoms. The van der Waals surface area contributed by atoms with E-state index < -0.39 is 0 Å². The molecule has 1 aliphatic heterocycles. The average Bonchev–Trinajstić information content (AvgIpc) is 2.44. The maximum atomic E-state index is 5.91. The molecule has 20 heavy (non-hydrogen) atoms. The van der Waals surface area contributed by atoms with Crippen LogP contribution in [0.5, 0.6) is 0 Å². The van der Waals surface area contributed by atoms with E-state index in [2.05, 4.69) is 56.0 Å². The quantitative estimate of drug-likeness (QED) is 0.871. The van der Waals surface area contributed by atoms with Crippen molar-refractivity contribution in [3.05, 3.63) is 33.9 Å². The molecule has 0 amide bonds. The molecule has 0 saturated heterocycles. The number of aryl methyl sites for hydroxylation is 2. The SMILES string of the molecule is Cc1nc(-c2ccc3c(c2)CCCN3C)nc(N)c1Br. The van der Waals surface area contributed by atoms with Gasteiger partial charge >= 0.3 is 0 Å². The van der Waals surface area contributed by atoms with Gasteiger partial charge in [0.1, 0.15) is 5.82 Å². The molecular weight excluding hydrogens is 316 g/mol. The highest BCUT2D eigenvalue weighted by molar-refractivity contribution is 9.10. The fourth-order valence-electron chi connectivity index (χ4n) is 2.63. The van der Waals surface area contributed by atoms with Crippen LogP contribution in [0.1, 0.15) is 17.7 Å². The molecule has 1 aliphatic rings. The van der Waals surface area contributed by atoms with Gasteiger partial charge in [-0.1, -0.05) is 0 Å². The van der Waals surface area contributed by atoms with E-state index >= 15 is 0 Å². The van der Waals surface area contributed by atoms with Gasteiger partial charge in [-0.05, 0) is 59.5 Å². The number of aromatic nitrogens is 2. The Bertz CT molecular complexity index is 646. The summed E-state index contributed by atoms with van der Waals surface area (Å²) in [6, 6.07) is 6.41. The second-order valence-electron chi connectivity index (χ2n) is 5.20. The first kappa shape index (κ1) is 13.4.